The quantitative estimate of drug-likeness (QED) is 0.777. The number of rotatable bonds is 1. The van der Waals surface area contributed by atoms with Gasteiger partial charge >= 0.3 is 0 Å². The van der Waals surface area contributed by atoms with Crippen LogP contribution in [0.25, 0.3) is 0 Å². The zero-order chi connectivity index (χ0) is 15.8. The van der Waals surface area contributed by atoms with Crippen LogP contribution in [-0.4, -0.2) is 53.2 Å². The molecule has 2 spiro atoms. The Hall–Kier alpha value is -1.59. The molecule has 6 atom stereocenters. The van der Waals surface area contributed by atoms with Gasteiger partial charge in [0.15, 0.2) is 23.4 Å². The predicted molar refractivity (Wildman–Crippen MR) is 80.9 cm³/mol. The topological polar surface area (TPSA) is 58.8 Å². The molecule has 0 amide bonds. The summed E-state index contributed by atoms with van der Waals surface area (Å²) in [6.07, 6.45) is 2.13. The van der Waals surface area contributed by atoms with Crippen molar-refractivity contribution < 1.29 is 19.4 Å². The number of nitrogens with zero attached hydrogens (tertiary/aromatic N) is 1. The number of Topliss-reactive ketones (excluding diaryl/α,β-unsaturated/α-hetero) is 1. The largest absolute Gasteiger partial charge is 0.493 e. The summed E-state index contributed by atoms with van der Waals surface area (Å²) in [6.45, 7) is 0. The Kier molecular flexibility index (Phi) is 1.82. The van der Waals surface area contributed by atoms with Crippen molar-refractivity contribution in [3.05, 3.63) is 23.3 Å². The summed E-state index contributed by atoms with van der Waals surface area (Å²) in [4.78, 5) is 15.0. The molecular weight excluding hydrogens is 294 g/mol. The zero-order valence-electron chi connectivity index (χ0n) is 13.3. The third kappa shape index (κ3) is 0.994. The summed E-state index contributed by atoms with van der Waals surface area (Å²) in [6, 6.07) is 4.17. The van der Waals surface area contributed by atoms with Gasteiger partial charge in [-0.1, -0.05) is 6.07 Å². The van der Waals surface area contributed by atoms with Crippen LogP contribution in [0.3, 0.4) is 0 Å². The minimum absolute atomic E-state index is 0.00415. The summed E-state index contributed by atoms with van der Waals surface area (Å²) in [5.74, 6) is 1.50. The molecule has 3 unspecified atom stereocenters. The third-order valence-electron chi connectivity index (χ3n) is 7.44. The number of likely N-dealkylation sites (N-methyl/N-ethyl adjacent to an activating group) is 1. The Morgan fingerprint density at radius 3 is 3.04 bits per heavy atom. The van der Waals surface area contributed by atoms with Crippen LogP contribution in [0.2, 0.25) is 0 Å². The van der Waals surface area contributed by atoms with Gasteiger partial charge in [-0.15, -0.1) is 0 Å². The number of ketones is 1. The minimum Gasteiger partial charge on any atom is -0.493 e. The van der Waals surface area contributed by atoms with Crippen molar-refractivity contribution in [1.29, 1.82) is 0 Å². The van der Waals surface area contributed by atoms with Crippen LogP contribution in [0.15, 0.2) is 12.1 Å². The molecule has 5 nitrogen and oxygen atoms in total. The molecular formula is C18H19NO4. The van der Waals surface area contributed by atoms with Crippen molar-refractivity contribution in [3.8, 4) is 11.5 Å². The van der Waals surface area contributed by atoms with Crippen LogP contribution in [0, 0.1) is 0 Å². The van der Waals surface area contributed by atoms with E-state index in [0.29, 0.717) is 24.3 Å². The number of hydrogen-bond donors (Lipinski definition) is 1. The van der Waals surface area contributed by atoms with Gasteiger partial charge < -0.3 is 14.6 Å². The van der Waals surface area contributed by atoms with Crippen molar-refractivity contribution in [3.63, 3.8) is 0 Å². The Balaban J connectivity index is 1.72. The second-order valence-corrected chi connectivity index (χ2v) is 7.96. The highest BCUT2D eigenvalue weighted by Crippen LogP contribution is 2.76. The number of ether oxygens (including phenoxy) is 2. The van der Waals surface area contributed by atoms with Gasteiger partial charge in [0.25, 0.3) is 0 Å². The van der Waals surface area contributed by atoms with Crippen LogP contribution in [0.5, 0.6) is 11.5 Å². The van der Waals surface area contributed by atoms with E-state index in [1.165, 1.54) is 5.56 Å². The number of piperidine rings is 1. The van der Waals surface area contributed by atoms with Gasteiger partial charge in [0, 0.05) is 17.5 Å². The molecule has 3 fully saturated rings. The maximum atomic E-state index is 12.7. The molecule has 0 radical (unpaired) electrons. The van der Waals surface area contributed by atoms with Crippen molar-refractivity contribution >= 4 is 5.78 Å². The van der Waals surface area contributed by atoms with E-state index in [0.717, 1.165) is 18.4 Å². The first-order chi connectivity index (χ1) is 11.0. The van der Waals surface area contributed by atoms with Crippen LogP contribution in [0.4, 0.5) is 0 Å². The number of likely N-dealkylation sites (tertiary alicyclic amines) is 1. The van der Waals surface area contributed by atoms with Crippen LogP contribution in [-0.2, 0) is 16.6 Å². The van der Waals surface area contributed by atoms with Gasteiger partial charge in [-0.3, -0.25) is 9.69 Å². The molecule has 120 valence electrons. The van der Waals surface area contributed by atoms with E-state index < -0.39 is 17.1 Å². The molecule has 2 saturated carbocycles. The van der Waals surface area contributed by atoms with E-state index in [9.17, 15) is 9.90 Å². The smallest absolute Gasteiger partial charge is 0.174 e. The molecule has 2 aliphatic heterocycles. The van der Waals surface area contributed by atoms with Gasteiger partial charge in [0.1, 0.15) is 0 Å². The number of hydrogen-bond acceptors (Lipinski definition) is 5. The Morgan fingerprint density at radius 1 is 1.43 bits per heavy atom. The number of fused-ring (bicyclic) bond motifs is 1. The van der Waals surface area contributed by atoms with E-state index in [2.05, 4.69) is 18.0 Å². The number of methoxy groups -OCH3 is 1. The number of carbonyl (C=O) groups is 1. The first-order valence-corrected chi connectivity index (χ1v) is 8.35. The highest BCUT2D eigenvalue weighted by atomic mass is 16.5. The molecule has 3 aliphatic carbocycles. The Bertz CT molecular complexity index is 806. The van der Waals surface area contributed by atoms with Gasteiger partial charge in [-0.2, -0.15) is 0 Å². The molecule has 6 rings (SSSR count). The summed E-state index contributed by atoms with van der Waals surface area (Å²) in [5.41, 5.74) is 0.836. The molecule has 2 bridgehead atoms. The molecule has 23 heavy (non-hydrogen) atoms. The molecule has 2 heterocycles. The van der Waals surface area contributed by atoms with E-state index >= 15 is 0 Å². The minimum atomic E-state index is -0.872. The average Bonchev–Trinajstić information content (AvgIpc) is 2.87. The number of benzene rings is 1. The fraction of sp³-hybridized carbons (Fsp3) is 0.611. The fourth-order valence-electron chi connectivity index (χ4n) is 6.64. The first kappa shape index (κ1) is 12.8. The lowest BCUT2D eigenvalue weighted by Crippen LogP contribution is -2.64. The SMILES string of the molecule is COc1ccc2c3c1O[C@@H]1C(=O)CC[C@]4(O)C5N(C)C5(C2)C[C@@]314. The standard InChI is InChI=1S/C18H19NO4/c1-19-15-16(19)7-9-3-4-11(22-2)13-12(9)17(8-16)14(23-13)10(20)5-6-18(15,17)21/h3-4,14-15,21H,5-8H2,1-2H3/t14-,15?,16?,17-,18+,19?/m1/s1. The summed E-state index contributed by atoms with van der Waals surface area (Å²) in [5, 5.41) is 11.8. The predicted octanol–water partition coefficient (Wildman–Crippen LogP) is 0.801. The van der Waals surface area contributed by atoms with E-state index in [1.807, 2.05) is 6.07 Å². The number of aliphatic hydroxyl groups is 1. The van der Waals surface area contributed by atoms with Gasteiger partial charge in [-0.25, -0.2) is 0 Å². The average molecular weight is 313 g/mol. The molecule has 1 aromatic carbocycles. The highest BCUT2D eigenvalue weighted by molar-refractivity contribution is 5.90. The number of carbonyl (C=O) groups excluding carboxylic acids is 1. The van der Waals surface area contributed by atoms with Gasteiger partial charge in [0.2, 0.25) is 0 Å². The second kappa shape index (κ2) is 3.28. The fourth-order valence-corrected chi connectivity index (χ4v) is 6.64. The van der Waals surface area contributed by atoms with E-state index in [1.54, 1.807) is 7.11 Å². The maximum Gasteiger partial charge on any atom is 0.174 e. The Morgan fingerprint density at radius 2 is 2.26 bits per heavy atom. The maximum absolute atomic E-state index is 12.7. The Labute approximate surface area is 134 Å². The van der Waals surface area contributed by atoms with Crippen LogP contribution in [0.1, 0.15) is 30.4 Å². The summed E-state index contributed by atoms with van der Waals surface area (Å²) < 4.78 is 11.6. The monoisotopic (exact) mass is 313 g/mol. The molecule has 5 aliphatic rings. The van der Waals surface area contributed by atoms with Gasteiger partial charge in [0.05, 0.1) is 24.2 Å². The van der Waals surface area contributed by atoms with Gasteiger partial charge in [-0.05, 0) is 37.9 Å². The molecule has 1 saturated heterocycles. The zero-order valence-corrected chi connectivity index (χ0v) is 13.3. The molecule has 1 aromatic rings. The third-order valence-corrected chi connectivity index (χ3v) is 7.44. The first-order valence-electron chi connectivity index (χ1n) is 8.35. The van der Waals surface area contributed by atoms with E-state index in [4.69, 9.17) is 9.47 Å². The normalized spacial score (nSPS) is 50.2. The van der Waals surface area contributed by atoms with Crippen molar-refractivity contribution in [2.75, 3.05) is 14.2 Å². The van der Waals surface area contributed by atoms with Crippen molar-refractivity contribution in [2.24, 2.45) is 0 Å². The molecule has 5 heteroatoms. The summed E-state index contributed by atoms with van der Waals surface area (Å²) >= 11 is 0. The van der Waals surface area contributed by atoms with E-state index in [-0.39, 0.29) is 17.4 Å². The van der Waals surface area contributed by atoms with Crippen LogP contribution < -0.4 is 9.47 Å². The lowest BCUT2D eigenvalue weighted by Gasteiger charge is -2.49. The molecule has 1 N–H and O–H groups in total. The summed E-state index contributed by atoms with van der Waals surface area (Å²) in [7, 11) is 3.73. The lowest BCUT2D eigenvalue weighted by atomic mass is 9.57. The highest BCUT2D eigenvalue weighted by Gasteiger charge is 2.87. The lowest BCUT2D eigenvalue weighted by molar-refractivity contribution is -0.149. The van der Waals surface area contributed by atoms with Crippen LogP contribution >= 0.6 is 0 Å². The molecule has 0 aromatic heterocycles. The van der Waals surface area contributed by atoms with Crippen molar-refractivity contribution in [2.45, 2.75) is 54.4 Å². The van der Waals surface area contributed by atoms with Crippen molar-refractivity contribution in [1.82, 2.24) is 4.90 Å². The second-order valence-electron chi connectivity index (χ2n) is 7.96.